The average molecular weight is 442 g/mol. The molecule has 0 spiro atoms. The third kappa shape index (κ3) is 4.34. The second-order valence-electron chi connectivity index (χ2n) is 6.72. The van der Waals surface area contributed by atoms with Crippen LogP contribution in [0.2, 0.25) is 10.0 Å². The number of carbonyl (C=O) groups is 1. The lowest BCUT2D eigenvalue weighted by Crippen LogP contribution is -2.47. The lowest BCUT2D eigenvalue weighted by molar-refractivity contribution is 0.102. The highest BCUT2D eigenvalue weighted by atomic mass is 35.5. The van der Waals surface area contributed by atoms with Gasteiger partial charge in [0.1, 0.15) is 4.90 Å². The second-order valence-corrected chi connectivity index (χ2v) is 9.44. The molecule has 0 aromatic heterocycles. The molecular formula is C19H21Cl2N3O3S. The molecule has 1 heterocycles. The highest BCUT2D eigenvalue weighted by Crippen LogP contribution is 2.28. The van der Waals surface area contributed by atoms with E-state index >= 15 is 0 Å². The molecule has 0 bridgehead atoms. The molecule has 150 valence electrons. The van der Waals surface area contributed by atoms with Gasteiger partial charge < -0.3 is 10.2 Å². The first-order valence-electron chi connectivity index (χ1n) is 8.75. The zero-order chi connectivity index (χ0) is 20.5. The van der Waals surface area contributed by atoms with Gasteiger partial charge >= 0.3 is 0 Å². The number of rotatable bonds is 4. The highest BCUT2D eigenvalue weighted by molar-refractivity contribution is 7.89. The summed E-state index contributed by atoms with van der Waals surface area (Å²) < 4.78 is 27.4. The molecule has 0 radical (unpaired) electrons. The van der Waals surface area contributed by atoms with E-state index in [0.29, 0.717) is 36.9 Å². The van der Waals surface area contributed by atoms with Crippen molar-refractivity contribution in [2.45, 2.75) is 11.8 Å². The quantitative estimate of drug-likeness (QED) is 0.787. The van der Waals surface area contributed by atoms with Crippen molar-refractivity contribution in [3.8, 4) is 0 Å². The summed E-state index contributed by atoms with van der Waals surface area (Å²) in [5, 5.41) is 3.40. The molecule has 0 unspecified atom stereocenters. The number of nitrogens with zero attached hydrogens (tertiary/aromatic N) is 2. The predicted molar refractivity (Wildman–Crippen MR) is 112 cm³/mol. The number of piperazine rings is 1. The second kappa shape index (κ2) is 8.39. The van der Waals surface area contributed by atoms with Gasteiger partial charge in [-0.25, -0.2) is 8.42 Å². The molecule has 2 aromatic carbocycles. The number of hydrogen-bond acceptors (Lipinski definition) is 4. The first-order chi connectivity index (χ1) is 13.2. The van der Waals surface area contributed by atoms with Crippen molar-refractivity contribution in [3.63, 3.8) is 0 Å². The van der Waals surface area contributed by atoms with Crippen molar-refractivity contribution in [1.29, 1.82) is 0 Å². The molecule has 28 heavy (non-hydrogen) atoms. The van der Waals surface area contributed by atoms with E-state index in [1.54, 1.807) is 25.1 Å². The van der Waals surface area contributed by atoms with E-state index in [0.717, 1.165) is 5.56 Å². The molecule has 3 rings (SSSR count). The molecule has 1 aliphatic heterocycles. The summed E-state index contributed by atoms with van der Waals surface area (Å²) in [4.78, 5) is 14.7. The average Bonchev–Trinajstić information content (AvgIpc) is 2.66. The summed E-state index contributed by atoms with van der Waals surface area (Å²) >= 11 is 12.3. The van der Waals surface area contributed by atoms with E-state index < -0.39 is 15.9 Å². The van der Waals surface area contributed by atoms with E-state index in [1.165, 1.54) is 22.5 Å². The van der Waals surface area contributed by atoms with Crippen LogP contribution in [-0.2, 0) is 10.0 Å². The number of nitrogens with one attached hydrogen (secondary N) is 1. The predicted octanol–water partition coefficient (Wildman–Crippen LogP) is 3.49. The summed E-state index contributed by atoms with van der Waals surface area (Å²) in [6.07, 6.45) is 0. The summed E-state index contributed by atoms with van der Waals surface area (Å²) in [6, 6.07) is 9.46. The maximum Gasteiger partial charge on any atom is 0.255 e. The minimum atomic E-state index is -3.79. The van der Waals surface area contributed by atoms with Crippen LogP contribution in [-0.4, -0.2) is 56.8 Å². The lowest BCUT2D eigenvalue weighted by Gasteiger charge is -2.31. The lowest BCUT2D eigenvalue weighted by atomic mass is 10.1. The zero-order valence-corrected chi connectivity index (χ0v) is 17.9. The van der Waals surface area contributed by atoms with Gasteiger partial charge in [0.25, 0.3) is 5.91 Å². The van der Waals surface area contributed by atoms with Crippen LogP contribution >= 0.6 is 23.2 Å². The number of carbonyl (C=O) groups excluding carboxylic acids is 1. The van der Waals surface area contributed by atoms with Crippen LogP contribution in [0.15, 0.2) is 41.3 Å². The maximum absolute atomic E-state index is 13.0. The molecule has 2 aromatic rings. The van der Waals surface area contributed by atoms with E-state index in [4.69, 9.17) is 23.2 Å². The first-order valence-corrected chi connectivity index (χ1v) is 10.9. The van der Waals surface area contributed by atoms with E-state index in [9.17, 15) is 13.2 Å². The summed E-state index contributed by atoms with van der Waals surface area (Å²) in [7, 11) is -1.84. The number of amides is 1. The van der Waals surface area contributed by atoms with Gasteiger partial charge in [0.15, 0.2) is 0 Å². The van der Waals surface area contributed by atoms with Gasteiger partial charge in [-0.05, 0) is 49.9 Å². The van der Waals surface area contributed by atoms with Crippen LogP contribution in [0, 0.1) is 6.92 Å². The molecule has 0 atom stereocenters. The molecule has 1 saturated heterocycles. The normalized spacial score (nSPS) is 16.1. The van der Waals surface area contributed by atoms with Gasteiger partial charge in [-0.3, -0.25) is 4.79 Å². The number of halogens is 2. The van der Waals surface area contributed by atoms with Gasteiger partial charge in [-0.2, -0.15) is 4.31 Å². The topological polar surface area (TPSA) is 69.7 Å². The Morgan fingerprint density at radius 2 is 1.71 bits per heavy atom. The minimum Gasteiger partial charge on any atom is -0.322 e. The Kier molecular flexibility index (Phi) is 6.31. The number of likely N-dealkylation sites (N-methyl/N-ethyl adjacent to an activating group) is 1. The van der Waals surface area contributed by atoms with Crippen molar-refractivity contribution in [2.24, 2.45) is 0 Å². The smallest absolute Gasteiger partial charge is 0.255 e. The van der Waals surface area contributed by atoms with E-state index in [1.807, 2.05) is 7.05 Å². The Morgan fingerprint density at radius 1 is 1.04 bits per heavy atom. The van der Waals surface area contributed by atoms with Crippen LogP contribution < -0.4 is 5.32 Å². The fourth-order valence-corrected chi connectivity index (χ4v) is 5.04. The summed E-state index contributed by atoms with van der Waals surface area (Å²) in [5.74, 6) is -0.433. The fraction of sp³-hybridized carbons (Fsp3) is 0.316. The Morgan fingerprint density at radius 3 is 2.39 bits per heavy atom. The van der Waals surface area contributed by atoms with Crippen molar-refractivity contribution in [1.82, 2.24) is 9.21 Å². The Labute approximate surface area is 175 Å². The fourth-order valence-electron chi connectivity index (χ4n) is 2.95. The van der Waals surface area contributed by atoms with Crippen LogP contribution in [0.25, 0.3) is 0 Å². The van der Waals surface area contributed by atoms with Gasteiger partial charge in [0, 0.05) is 42.5 Å². The van der Waals surface area contributed by atoms with E-state index in [-0.39, 0.29) is 15.5 Å². The van der Waals surface area contributed by atoms with Crippen LogP contribution in [0.1, 0.15) is 15.9 Å². The standard InChI is InChI=1S/C19H21Cl2N3O3S/c1-13-15(20)4-3-5-17(13)22-19(25)14-6-7-16(21)18(12-14)28(26,27)24-10-8-23(2)9-11-24/h3-7,12H,8-11H2,1-2H3,(H,22,25). The number of benzene rings is 2. The monoisotopic (exact) mass is 441 g/mol. The first kappa shape index (κ1) is 21.1. The molecule has 0 saturated carbocycles. The molecule has 1 fully saturated rings. The van der Waals surface area contributed by atoms with Gasteiger partial charge in [-0.1, -0.05) is 29.3 Å². The number of anilines is 1. The van der Waals surface area contributed by atoms with Crippen LogP contribution in [0.5, 0.6) is 0 Å². The zero-order valence-electron chi connectivity index (χ0n) is 15.6. The van der Waals surface area contributed by atoms with Gasteiger partial charge in [0.05, 0.1) is 5.02 Å². The van der Waals surface area contributed by atoms with Crippen molar-refractivity contribution >= 4 is 44.8 Å². The van der Waals surface area contributed by atoms with Crippen LogP contribution in [0.4, 0.5) is 5.69 Å². The van der Waals surface area contributed by atoms with Crippen LogP contribution in [0.3, 0.4) is 0 Å². The molecule has 0 aliphatic carbocycles. The molecule has 1 amide bonds. The van der Waals surface area contributed by atoms with Gasteiger partial charge in [-0.15, -0.1) is 0 Å². The minimum absolute atomic E-state index is 0.0609. The third-order valence-corrected chi connectivity index (χ3v) is 7.58. The molecule has 1 aliphatic rings. The van der Waals surface area contributed by atoms with Gasteiger partial charge in [0.2, 0.25) is 10.0 Å². The van der Waals surface area contributed by atoms with Crippen molar-refractivity contribution in [3.05, 3.63) is 57.6 Å². The largest absolute Gasteiger partial charge is 0.322 e. The molecule has 6 nitrogen and oxygen atoms in total. The van der Waals surface area contributed by atoms with Crippen molar-refractivity contribution in [2.75, 3.05) is 38.5 Å². The Balaban J connectivity index is 1.88. The Bertz CT molecular complexity index is 1000. The summed E-state index contributed by atoms with van der Waals surface area (Å²) in [5.41, 5.74) is 1.50. The van der Waals surface area contributed by atoms with E-state index in [2.05, 4.69) is 10.2 Å². The molecular weight excluding hydrogens is 421 g/mol. The molecule has 9 heteroatoms. The molecule has 1 N–H and O–H groups in total. The number of sulfonamides is 1. The third-order valence-electron chi connectivity index (χ3n) is 4.79. The van der Waals surface area contributed by atoms with Crippen molar-refractivity contribution < 1.29 is 13.2 Å². The highest BCUT2D eigenvalue weighted by Gasteiger charge is 2.30. The Hall–Kier alpha value is -1.64. The summed E-state index contributed by atoms with van der Waals surface area (Å²) in [6.45, 7) is 3.85. The number of hydrogen-bond donors (Lipinski definition) is 1. The SMILES string of the molecule is Cc1c(Cl)cccc1NC(=O)c1ccc(Cl)c(S(=O)(=O)N2CCN(C)CC2)c1. The maximum atomic E-state index is 13.0.